The summed E-state index contributed by atoms with van der Waals surface area (Å²) < 4.78 is 10.6. The summed E-state index contributed by atoms with van der Waals surface area (Å²) in [4.78, 5) is 16.2. The van der Waals surface area contributed by atoms with Crippen LogP contribution in [0.4, 0.5) is 5.69 Å². The molecule has 24 heavy (non-hydrogen) atoms. The zero-order valence-corrected chi connectivity index (χ0v) is 13.2. The first-order valence-corrected chi connectivity index (χ1v) is 7.56. The van der Waals surface area contributed by atoms with Crippen molar-refractivity contribution in [3.05, 3.63) is 60.0 Å². The van der Waals surface area contributed by atoms with Gasteiger partial charge >= 0.3 is 0 Å². The molecule has 0 bridgehead atoms. The fraction of sp³-hybridized carbons (Fsp3) is 0.250. The number of carbonyl (C=O) groups is 1. The summed E-state index contributed by atoms with van der Waals surface area (Å²) in [6, 6.07) is 6.99. The lowest BCUT2D eigenvalue weighted by molar-refractivity contribution is 0.0943. The molecule has 0 radical (unpaired) electrons. The van der Waals surface area contributed by atoms with Gasteiger partial charge in [0.1, 0.15) is 11.5 Å². The van der Waals surface area contributed by atoms with Gasteiger partial charge in [0.2, 0.25) is 11.8 Å². The average molecular weight is 327 g/mol. The highest BCUT2D eigenvalue weighted by atomic mass is 16.4. The number of nitrogens with one attached hydrogen (secondary N) is 2. The molecule has 3 rings (SSSR count). The molecule has 0 saturated carbocycles. The average Bonchev–Trinajstić information content (AvgIpc) is 3.29. The number of anilines is 1. The van der Waals surface area contributed by atoms with Crippen LogP contribution in [0.1, 0.15) is 35.0 Å². The Morgan fingerprint density at radius 1 is 1.21 bits per heavy atom. The highest BCUT2D eigenvalue weighted by Crippen LogP contribution is 2.10. The van der Waals surface area contributed by atoms with Crippen LogP contribution in [-0.2, 0) is 19.5 Å². The number of furan rings is 1. The van der Waals surface area contributed by atoms with Gasteiger partial charge in [-0.2, -0.15) is 0 Å². The molecule has 0 aliphatic rings. The Balaban J connectivity index is 1.57. The lowest BCUT2D eigenvalue weighted by Gasteiger charge is -2.06. The van der Waals surface area contributed by atoms with E-state index in [-0.39, 0.29) is 5.91 Å². The normalized spacial score (nSPS) is 10.5. The maximum atomic E-state index is 12.1. The molecule has 0 fully saturated rings. The Morgan fingerprint density at radius 2 is 2.08 bits per heavy atom. The summed E-state index contributed by atoms with van der Waals surface area (Å²) in [5.74, 6) is 1.49. The van der Waals surface area contributed by atoms with Crippen molar-refractivity contribution in [3.63, 3.8) is 0 Å². The molecule has 8 heteroatoms. The number of hydrogen-bond donors (Lipinski definition) is 2. The SMILES string of the molecule is CCc1nnc(CNc2ccnc(C(=O)NCc3ccco3)c2)o1. The molecule has 0 spiro atoms. The second kappa shape index (κ2) is 7.40. The number of nitrogens with zero attached hydrogens (tertiary/aromatic N) is 3. The molecule has 1 amide bonds. The van der Waals surface area contributed by atoms with Crippen LogP contribution < -0.4 is 10.6 Å². The predicted molar refractivity (Wildman–Crippen MR) is 85.1 cm³/mol. The van der Waals surface area contributed by atoms with Crippen molar-refractivity contribution in [2.45, 2.75) is 26.4 Å². The van der Waals surface area contributed by atoms with E-state index in [0.29, 0.717) is 42.7 Å². The van der Waals surface area contributed by atoms with Crippen LogP contribution in [0.2, 0.25) is 0 Å². The van der Waals surface area contributed by atoms with Gasteiger partial charge in [0.05, 0.1) is 19.4 Å². The summed E-state index contributed by atoms with van der Waals surface area (Å²) in [5, 5.41) is 13.7. The minimum absolute atomic E-state index is 0.277. The lowest BCUT2D eigenvalue weighted by Crippen LogP contribution is -2.23. The second-order valence-electron chi connectivity index (χ2n) is 4.99. The Hall–Kier alpha value is -3.16. The Bertz CT molecular complexity index is 798. The van der Waals surface area contributed by atoms with Crippen LogP contribution in [0.15, 0.2) is 45.6 Å². The molecule has 0 atom stereocenters. The third-order valence-electron chi connectivity index (χ3n) is 3.25. The predicted octanol–water partition coefficient (Wildman–Crippen LogP) is 2.16. The first-order valence-electron chi connectivity index (χ1n) is 7.56. The lowest BCUT2D eigenvalue weighted by atomic mass is 10.3. The maximum absolute atomic E-state index is 12.1. The molecule has 3 aromatic rings. The number of amides is 1. The van der Waals surface area contributed by atoms with E-state index in [1.807, 2.05) is 6.92 Å². The number of pyridine rings is 1. The Labute approximate surface area is 138 Å². The van der Waals surface area contributed by atoms with Crippen LogP contribution in [0.3, 0.4) is 0 Å². The number of hydrogen-bond acceptors (Lipinski definition) is 7. The molecule has 0 saturated heterocycles. The second-order valence-corrected chi connectivity index (χ2v) is 4.99. The van der Waals surface area contributed by atoms with E-state index in [4.69, 9.17) is 8.83 Å². The van der Waals surface area contributed by atoms with E-state index in [2.05, 4.69) is 25.8 Å². The van der Waals surface area contributed by atoms with E-state index in [9.17, 15) is 4.79 Å². The first-order chi connectivity index (χ1) is 11.7. The van der Waals surface area contributed by atoms with Crippen molar-refractivity contribution < 1.29 is 13.6 Å². The smallest absolute Gasteiger partial charge is 0.270 e. The van der Waals surface area contributed by atoms with Crippen LogP contribution in [0.5, 0.6) is 0 Å². The molecule has 8 nitrogen and oxygen atoms in total. The molecular weight excluding hydrogens is 310 g/mol. The van der Waals surface area contributed by atoms with Gasteiger partial charge in [-0.3, -0.25) is 9.78 Å². The fourth-order valence-corrected chi connectivity index (χ4v) is 2.02. The minimum Gasteiger partial charge on any atom is -0.467 e. The third-order valence-corrected chi connectivity index (χ3v) is 3.25. The summed E-state index contributed by atoms with van der Waals surface area (Å²) in [6.07, 6.45) is 3.82. The van der Waals surface area contributed by atoms with Gasteiger partial charge in [-0.05, 0) is 24.3 Å². The maximum Gasteiger partial charge on any atom is 0.270 e. The zero-order valence-electron chi connectivity index (χ0n) is 13.2. The van der Waals surface area contributed by atoms with Gasteiger partial charge in [0, 0.05) is 18.3 Å². The third kappa shape index (κ3) is 3.97. The van der Waals surface area contributed by atoms with Crippen molar-refractivity contribution in [2.75, 3.05) is 5.32 Å². The summed E-state index contributed by atoms with van der Waals surface area (Å²) in [5.41, 5.74) is 1.05. The topological polar surface area (TPSA) is 106 Å². The van der Waals surface area contributed by atoms with Gasteiger partial charge in [-0.25, -0.2) is 0 Å². The number of aryl methyl sites for hydroxylation is 1. The first kappa shape index (κ1) is 15.7. The van der Waals surface area contributed by atoms with Crippen molar-refractivity contribution in [1.29, 1.82) is 0 Å². The van der Waals surface area contributed by atoms with Crippen molar-refractivity contribution in [2.24, 2.45) is 0 Å². The summed E-state index contributed by atoms with van der Waals surface area (Å²) >= 11 is 0. The van der Waals surface area contributed by atoms with Crippen LogP contribution in [0.25, 0.3) is 0 Å². The van der Waals surface area contributed by atoms with Gasteiger partial charge < -0.3 is 19.5 Å². The standard InChI is InChI=1S/C16H17N5O3/c1-2-14-20-21-15(24-14)10-18-11-5-6-17-13(8-11)16(22)19-9-12-4-3-7-23-12/h3-8H,2,9-10H2,1H3,(H,17,18)(H,19,22). The molecule has 124 valence electrons. The number of rotatable bonds is 7. The van der Waals surface area contributed by atoms with E-state index in [0.717, 1.165) is 5.69 Å². The molecule has 2 N–H and O–H groups in total. The monoisotopic (exact) mass is 327 g/mol. The highest BCUT2D eigenvalue weighted by molar-refractivity contribution is 5.92. The van der Waals surface area contributed by atoms with Crippen LogP contribution in [-0.4, -0.2) is 21.1 Å². The van der Waals surface area contributed by atoms with Gasteiger partial charge in [0.25, 0.3) is 5.91 Å². The summed E-state index contributed by atoms with van der Waals surface area (Å²) in [7, 11) is 0. The number of aromatic nitrogens is 3. The molecular formula is C16H17N5O3. The Morgan fingerprint density at radius 3 is 2.83 bits per heavy atom. The molecule has 0 aliphatic carbocycles. The molecule has 3 heterocycles. The van der Waals surface area contributed by atoms with Crippen molar-refractivity contribution in [3.8, 4) is 0 Å². The van der Waals surface area contributed by atoms with Crippen LogP contribution in [0, 0.1) is 0 Å². The largest absolute Gasteiger partial charge is 0.467 e. The van der Waals surface area contributed by atoms with Crippen LogP contribution >= 0.6 is 0 Å². The highest BCUT2D eigenvalue weighted by Gasteiger charge is 2.09. The molecule has 0 unspecified atom stereocenters. The molecule has 3 aromatic heterocycles. The molecule has 0 aromatic carbocycles. The van der Waals surface area contributed by atoms with Gasteiger partial charge in [-0.1, -0.05) is 6.92 Å². The van der Waals surface area contributed by atoms with E-state index >= 15 is 0 Å². The van der Waals surface area contributed by atoms with E-state index in [1.54, 1.807) is 36.7 Å². The molecule has 0 aliphatic heterocycles. The van der Waals surface area contributed by atoms with Crippen molar-refractivity contribution >= 4 is 11.6 Å². The fourth-order valence-electron chi connectivity index (χ4n) is 2.02. The zero-order chi connectivity index (χ0) is 16.8. The van der Waals surface area contributed by atoms with Gasteiger partial charge in [0.15, 0.2) is 0 Å². The Kier molecular flexibility index (Phi) is 4.85. The van der Waals surface area contributed by atoms with E-state index < -0.39 is 0 Å². The minimum atomic E-state index is -0.277. The van der Waals surface area contributed by atoms with E-state index in [1.165, 1.54) is 0 Å². The number of carbonyl (C=O) groups excluding carboxylic acids is 1. The summed E-state index contributed by atoms with van der Waals surface area (Å²) in [6.45, 7) is 2.64. The van der Waals surface area contributed by atoms with Gasteiger partial charge in [-0.15, -0.1) is 10.2 Å². The quantitative estimate of drug-likeness (QED) is 0.685. The van der Waals surface area contributed by atoms with Crippen molar-refractivity contribution in [1.82, 2.24) is 20.5 Å².